The van der Waals surface area contributed by atoms with Crippen molar-refractivity contribution >= 4 is 0 Å². The van der Waals surface area contributed by atoms with Gasteiger partial charge in [-0.3, -0.25) is 4.98 Å². The molecular weight excluding hydrogens is 178 g/mol. The Morgan fingerprint density at radius 3 is 3.14 bits per heavy atom. The molecule has 1 aliphatic rings. The fraction of sp³-hybridized carbons (Fsp3) is 0.300. The van der Waals surface area contributed by atoms with Crippen LogP contribution in [-0.2, 0) is 0 Å². The third kappa shape index (κ3) is 1.64. The quantitative estimate of drug-likeness (QED) is 0.528. The van der Waals surface area contributed by atoms with Crippen molar-refractivity contribution < 1.29 is 0 Å². The fourth-order valence-electron chi connectivity index (χ4n) is 1.63. The summed E-state index contributed by atoms with van der Waals surface area (Å²) in [6.07, 6.45) is 8.34. The monoisotopic (exact) mass is 189 g/mol. The molecule has 1 aromatic rings. The summed E-state index contributed by atoms with van der Waals surface area (Å²) in [5.41, 5.74) is 1.04. The van der Waals surface area contributed by atoms with Crippen LogP contribution < -0.4 is 0 Å². The topological polar surface area (TPSA) is 45.6 Å². The Hall–Kier alpha value is -1.71. The van der Waals surface area contributed by atoms with Crippen LogP contribution in [0.4, 0.5) is 0 Å². The maximum absolute atomic E-state index is 10.6. The van der Waals surface area contributed by atoms with Crippen LogP contribution in [0.15, 0.2) is 42.0 Å². The molecule has 0 unspecified atom stereocenters. The first-order valence-electron chi connectivity index (χ1n) is 4.56. The average Bonchev–Trinajstić information content (AvgIpc) is 2.30. The van der Waals surface area contributed by atoms with Gasteiger partial charge in [0, 0.05) is 12.4 Å². The molecule has 4 heteroatoms. The lowest BCUT2D eigenvalue weighted by Crippen LogP contribution is -2.25. The molecule has 0 amide bonds. The van der Waals surface area contributed by atoms with Crippen LogP contribution in [0.25, 0.3) is 0 Å². The minimum atomic E-state index is 0.0474. The standard InChI is InChI=1S/C10H11N3O/c14-12-13-7-2-1-5-10(13)9-4-3-6-11-8-9/h1-4,6,8,10H,5,7H2/t10-/m1/s1. The first-order valence-corrected chi connectivity index (χ1v) is 4.56. The maximum atomic E-state index is 10.6. The summed E-state index contributed by atoms with van der Waals surface area (Å²) in [5, 5.41) is 4.55. The van der Waals surface area contributed by atoms with E-state index in [1.807, 2.05) is 18.2 Å². The molecule has 72 valence electrons. The van der Waals surface area contributed by atoms with Crippen molar-refractivity contribution in [3.05, 3.63) is 47.1 Å². The van der Waals surface area contributed by atoms with Crippen LogP contribution >= 0.6 is 0 Å². The molecule has 1 atom stereocenters. The first-order chi connectivity index (χ1) is 6.92. The largest absolute Gasteiger partial charge is 0.264 e. The van der Waals surface area contributed by atoms with E-state index in [-0.39, 0.29) is 6.04 Å². The van der Waals surface area contributed by atoms with Crippen LogP contribution in [0.5, 0.6) is 0 Å². The van der Waals surface area contributed by atoms with Gasteiger partial charge in [0.1, 0.15) is 0 Å². The van der Waals surface area contributed by atoms with Gasteiger partial charge in [-0.2, -0.15) is 0 Å². The van der Waals surface area contributed by atoms with Crippen LogP contribution in [-0.4, -0.2) is 16.5 Å². The number of nitrogens with zero attached hydrogens (tertiary/aromatic N) is 3. The molecule has 0 N–H and O–H groups in total. The van der Waals surface area contributed by atoms with Crippen molar-refractivity contribution in [3.63, 3.8) is 0 Å². The summed E-state index contributed by atoms with van der Waals surface area (Å²) < 4.78 is 0. The number of pyridine rings is 1. The molecule has 0 bridgehead atoms. The smallest absolute Gasteiger partial charge is 0.0804 e. The van der Waals surface area contributed by atoms with Gasteiger partial charge in [0.2, 0.25) is 0 Å². The summed E-state index contributed by atoms with van der Waals surface area (Å²) >= 11 is 0. The number of hydrogen-bond donors (Lipinski definition) is 0. The van der Waals surface area contributed by atoms with E-state index >= 15 is 0 Å². The molecule has 1 aliphatic heterocycles. The molecular formula is C10H11N3O. The van der Waals surface area contributed by atoms with E-state index < -0.39 is 0 Å². The Labute approximate surface area is 82.2 Å². The highest BCUT2D eigenvalue weighted by molar-refractivity contribution is 5.16. The van der Waals surface area contributed by atoms with E-state index in [1.165, 1.54) is 5.01 Å². The minimum absolute atomic E-state index is 0.0474. The Morgan fingerprint density at radius 2 is 2.43 bits per heavy atom. The van der Waals surface area contributed by atoms with Gasteiger partial charge in [-0.25, -0.2) is 5.01 Å². The zero-order chi connectivity index (χ0) is 9.80. The molecule has 2 heterocycles. The van der Waals surface area contributed by atoms with E-state index in [9.17, 15) is 4.91 Å². The highest BCUT2D eigenvalue weighted by atomic mass is 16.3. The molecule has 0 aliphatic carbocycles. The van der Waals surface area contributed by atoms with E-state index in [1.54, 1.807) is 12.4 Å². The van der Waals surface area contributed by atoms with Gasteiger partial charge in [0.25, 0.3) is 0 Å². The van der Waals surface area contributed by atoms with Crippen LogP contribution in [0.2, 0.25) is 0 Å². The Bertz CT molecular complexity index is 336. The van der Waals surface area contributed by atoms with Crippen molar-refractivity contribution in [1.29, 1.82) is 0 Å². The van der Waals surface area contributed by atoms with E-state index in [2.05, 4.69) is 16.3 Å². The van der Waals surface area contributed by atoms with Gasteiger partial charge in [0.15, 0.2) is 0 Å². The van der Waals surface area contributed by atoms with E-state index in [0.29, 0.717) is 6.54 Å². The van der Waals surface area contributed by atoms with Crippen LogP contribution in [0.3, 0.4) is 0 Å². The van der Waals surface area contributed by atoms with Crippen molar-refractivity contribution in [2.24, 2.45) is 5.29 Å². The normalized spacial score (nSPS) is 20.9. The third-order valence-corrected chi connectivity index (χ3v) is 2.35. The lowest BCUT2D eigenvalue weighted by Gasteiger charge is -2.27. The van der Waals surface area contributed by atoms with Gasteiger partial charge in [-0.15, -0.1) is 4.91 Å². The van der Waals surface area contributed by atoms with E-state index in [0.717, 1.165) is 12.0 Å². The fourth-order valence-corrected chi connectivity index (χ4v) is 1.63. The Morgan fingerprint density at radius 1 is 1.50 bits per heavy atom. The van der Waals surface area contributed by atoms with Crippen LogP contribution in [0, 0.1) is 4.91 Å². The molecule has 0 saturated carbocycles. The molecule has 0 fully saturated rings. The lowest BCUT2D eigenvalue weighted by molar-refractivity contribution is 0.216. The zero-order valence-corrected chi connectivity index (χ0v) is 7.71. The van der Waals surface area contributed by atoms with Gasteiger partial charge >= 0.3 is 0 Å². The molecule has 0 aromatic carbocycles. The second-order valence-corrected chi connectivity index (χ2v) is 3.21. The number of aromatic nitrogens is 1. The molecule has 0 spiro atoms. The second-order valence-electron chi connectivity index (χ2n) is 3.21. The Balaban J connectivity index is 2.24. The van der Waals surface area contributed by atoms with Gasteiger partial charge in [-0.05, 0) is 18.1 Å². The summed E-state index contributed by atoms with van der Waals surface area (Å²) in [5.74, 6) is 0. The second kappa shape index (κ2) is 4.00. The van der Waals surface area contributed by atoms with Gasteiger partial charge in [0.05, 0.1) is 17.9 Å². The average molecular weight is 189 g/mol. The predicted octanol–water partition coefficient (Wildman–Crippen LogP) is 2.07. The van der Waals surface area contributed by atoms with E-state index in [4.69, 9.17) is 0 Å². The summed E-state index contributed by atoms with van der Waals surface area (Å²) in [6.45, 7) is 0.586. The molecule has 4 nitrogen and oxygen atoms in total. The highest BCUT2D eigenvalue weighted by Crippen LogP contribution is 2.26. The number of nitroso groups, excluding NO2 is 1. The van der Waals surface area contributed by atoms with Gasteiger partial charge < -0.3 is 0 Å². The summed E-state index contributed by atoms with van der Waals surface area (Å²) in [4.78, 5) is 14.6. The van der Waals surface area contributed by atoms with Gasteiger partial charge in [-0.1, -0.05) is 18.2 Å². The van der Waals surface area contributed by atoms with Crippen molar-refractivity contribution in [2.45, 2.75) is 12.5 Å². The third-order valence-electron chi connectivity index (χ3n) is 2.35. The van der Waals surface area contributed by atoms with Crippen LogP contribution in [0.1, 0.15) is 18.0 Å². The SMILES string of the molecule is O=NN1CC=CC[C@@H]1c1cccnc1. The highest BCUT2D eigenvalue weighted by Gasteiger charge is 2.20. The van der Waals surface area contributed by atoms with Crippen molar-refractivity contribution in [3.8, 4) is 0 Å². The molecule has 14 heavy (non-hydrogen) atoms. The number of rotatable bonds is 2. The number of hydrogen-bond acceptors (Lipinski definition) is 3. The molecule has 0 radical (unpaired) electrons. The summed E-state index contributed by atoms with van der Waals surface area (Å²) in [6, 6.07) is 3.89. The molecule has 1 aromatic heterocycles. The maximum Gasteiger partial charge on any atom is 0.0804 e. The predicted molar refractivity (Wildman–Crippen MR) is 53.2 cm³/mol. The van der Waals surface area contributed by atoms with Crippen molar-refractivity contribution in [2.75, 3.05) is 6.54 Å². The first kappa shape index (κ1) is 8.87. The minimum Gasteiger partial charge on any atom is -0.264 e. The molecule has 2 rings (SSSR count). The Kier molecular flexibility index (Phi) is 2.53. The lowest BCUT2D eigenvalue weighted by atomic mass is 10.0. The van der Waals surface area contributed by atoms with Crippen molar-refractivity contribution in [1.82, 2.24) is 9.99 Å². The molecule has 0 saturated heterocycles. The zero-order valence-electron chi connectivity index (χ0n) is 7.71. The summed E-state index contributed by atoms with van der Waals surface area (Å²) in [7, 11) is 0.